The molecule has 0 heterocycles. The van der Waals surface area contributed by atoms with Crippen LogP contribution in [0, 0.1) is 5.92 Å². The highest BCUT2D eigenvalue weighted by atomic mass is 16.1. The van der Waals surface area contributed by atoms with Crippen molar-refractivity contribution in [3.63, 3.8) is 0 Å². The number of carbonyl (C=O) groups is 1. The second-order valence-corrected chi connectivity index (χ2v) is 4.32. The zero-order valence-electron chi connectivity index (χ0n) is 9.16. The molecule has 0 spiro atoms. The van der Waals surface area contributed by atoms with Crippen molar-refractivity contribution in [2.24, 2.45) is 5.92 Å². The Hall–Kier alpha value is -1.11. The van der Waals surface area contributed by atoms with Crippen molar-refractivity contribution in [3.8, 4) is 0 Å². The van der Waals surface area contributed by atoms with Gasteiger partial charge in [0.15, 0.2) is 0 Å². The normalized spacial score (nSPS) is 12.9. The predicted octanol–water partition coefficient (Wildman–Crippen LogP) is 3.65. The van der Waals surface area contributed by atoms with Crippen molar-refractivity contribution < 1.29 is 4.79 Å². The SMILES string of the molecule is CC(C)CC(C)c1cccc(C=O)c1. The first-order chi connectivity index (χ1) is 6.63. The highest BCUT2D eigenvalue weighted by molar-refractivity contribution is 5.74. The summed E-state index contributed by atoms with van der Waals surface area (Å²) >= 11 is 0. The quantitative estimate of drug-likeness (QED) is 0.662. The Balaban J connectivity index is 2.78. The lowest BCUT2D eigenvalue weighted by molar-refractivity contribution is 0.112. The Labute approximate surface area is 86.1 Å². The van der Waals surface area contributed by atoms with Gasteiger partial charge in [-0.3, -0.25) is 4.79 Å². The van der Waals surface area contributed by atoms with Crippen LogP contribution in [0.1, 0.15) is 49.0 Å². The van der Waals surface area contributed by atoms with E-state index in [1.165, 1.54) is 12.0 Å². The van der Waals surface area contributed by atoms with Crippen LogP contribution >= 0.6 is 0 Å². The molecule has 1 aromatic carbocycles. The standard InChI is InChI=1S/C13H18O/c1-10(2)7-11(3)13-6-4-5-12(8-13)9-14/h4-6,8-11H,7H2,1-3H3. The lowest BCUT2D eigenvalue weighted by atomic mass is 9.91. The zero-order valence-corrected chi connectivity index (χ0v) is 9.16. The number of hydrogen-bond donors (Lipinski definition) is 0. The third-order valence-electron chi connectivity index (χ3n) is 2.44. The molecule has 1 nitrogen and oxygen atoms in total. The van der Waals surface area contributed by atoms with Crippen molar-refractivity contribution in [1.82, 2.24) is 0 Å². The van der Waals surface area contributed by atoms with Gasteiger partial charge in [0, 0.05) is 5.56 Å². The van der Waals surface area contributed by atoms with Crippen LogP contribution in [0.5, 0.6) is 0 Å². The first kappa shape index (κ1) is 11.0. The highest BCUT2D eigenvalue weighted by Crippen LogP contribution is 2.23. The van der Waals surface area contributed by atoms with E-state index in [4.69, 9.17) is 0 Å². The highest BCUT2D eigenvalue weighted by Gasteiger charge is 2.07. The molecule has 0 aliphatic carbocycles. The third-order valence-corrected chi connectivity index (χ3v) is 2.44. The summed E-state index contributed by atoms with van der Waals surface area (Å²) in [7, 11) is 0. The lowest BCUT2D eigenvalue weighted by Crippen LogP contribution is -1.99. The lowest BCUT2D eigenvalue weighted by Gasteiger charge is -2.14. The van der Waals surface area contributed by atoms with E-state index < -0.39 is 0 Å². The Morgan fingerprint density at radius 1 is 1.29 bits per heavy atom. The van der Waals surface area contributed by atoms with Gasteiger partial charge >= 0.3 is 0 Å². The molecule has 0 amide bonds. The molecule has 0 saturated heterocycles. The van der Waals surface area contributed by atoms with Crippen LogP contribution in [0.4, 0.5) is 0 Å². The Kier molecular flexibility index (Phi) is 3.87. The molecule has 76 valence electrons. The minimum absolute atomic E-state index is 0.537. The predicted molar refractivity (Wildman–Crippen MR) is 59.7 cm³/mol. The van der Waals surface area contributed by atoms with Gasteiger partial charge in [0.05, 0.1) is 0 Å². The molecule has 0 aliphatic rings. The fourth-order valence-electron chi connectivity index (χ4n) is 1.78. The Morgan fingerprint density at radius 2 is 2.00 bits per heavy atom. The molecule has 1 atom stereocenters. The smallest absolute Gasteiger partial charge is 0.150 e. The molecular weight excluding hydrogens is 172 g/mol. The molecule has 1 unspecified atom stereocenters. The molecule has 0 fully saturated rings. The van der Waals surface area contributed by atoms with Crippen molar-refractivity contribution in [1.29, 1.82) is 0 Å². The number of aldehydes is 1. The van der Waals surface area contributed by atoms with Crippen molar-refractivity contribution in [2.45, 2.75) is 33.1 Å². The van der Waals surface area contributed by atoms with Crippen molar-refractivity contribution in [3.05, 3.63) is 35.4 Å². The van der Waals surface area contributed by atoms with Crippen LogP contribution in [0.2, 0.25) is 0 Å². The molecule has 0 radical (unpaired) electrons. The van der Waals surface area contributed by atoms with E-state index in [2.05, 4.69) is 26.8 Å². The summed E-state index contributed by atoms with van der Waals surface area (Å²) in [6.07, 6.45) is 2.08. The fourth-order valence-corrected chi connectivity index (χ4v) is 1.78. The summed E-state index contributed by atoms with van der Waals surface area (Å²) in [4.78, 5) is 10.6. The van der Waals surface area contributed by atoms with Crippen LogP contribution in [0.25, 0.3) is 0 Å². The van der Waals surface area contributed by atoms with E-state index in [0.717, 1.165) is 11.8 Å². The average Bonchev–Trinajstić information content (AvgIpc) is 2.17. The molecule has 1 heteroatoms. The molecule has 0 aliphatic heterocycles. The van der Waals surface area contributed by atoms with Crippen molar-refractivity contribution >= 4 is 6.29 Å². The second kappa shape index (κ2) is 4.94. The molecule has 0 bridgehead atoms. The minimum Gasteiger partial charge on any atom is -0.298 e. The van der Waals surface area contributed by atoms with Gasteiger partial charge < -0.3 is 0 Å². The molecule has 0 saturated carbocycles. The topological polar surface area (TPSA) is 17.1 Å². The maximum Gasteiger partial charge on any atom is 0.150 e. The summed E-state index contributed by atoms with van der Waals surface area (Å²) < 4.78 is 0. The van der Waals surface area contributed by atoms with Gasteiger partial charge in [-0.05, 0) is 29.9 Å². The summed E-state index contributed by atoms with van der Waals surface area (Å²) in [6.45, 7) is 6.66. The monoisotopic (exact) mass is 190 g/mol. The first-order valence-corrected chi connectivity index (χ1v) is 5.18. The van der Waals surface area contributed by atoms with Crippen LogP contribution in [0.15, 0.2) is 24.3 Å². The van der Waals surface area contributed by atoms with Gasteiger partial charge in [0.1, 0.15) is 6.29 Å². The van der Waals surface area contributed by atoms with Gasteiger partial charge in [-0.25, -0.2) is 0 Å². The summed E-state index contributed by atoms with van der Waals surface area (Å²) in [5.74, 6) is 1.24. The van der Waals surface area contributed by atoms with E-state index in [-0.39, 0.29) is 0 Å². The zero-order chi connectivity index (χ0) is 10.6. The van der Waals surface area contributed by atoms with E-state index in [1.54, 1.807) is 0 Å². The number of carbonyl (C=O) groups excluding carboxylic acids is 1. The average molecular weight is 190 g/mol. The van der Waals surface area contributed by atoms with Crippen molar-refractivity contribution in [2.75, 3.05) is 0 Å². The van der Waals surface area contributed by atoms with E-state index in [0.29, 0.717) is 11.8 Å². The van der Waals surface area contributed by atoms with E-state index >= 15 is 0 Å². The van der Waals surface area contributed by atoms with E-state index in [9.17, 15) is 4.79 Å². The molecule has 1 aromatic rings. The van der Waals surface area contributed by atoms with Gasteiger partial charge in [0.2, 0.25) is 0 Å². The molecule has 0 N–H and O–H groups in total. The maximum absolute atomic E-state index is 10.6. The molecule has 1 rings (SSSR count). The maximum atomic E-state index is 10.6. The largest absolute Gasteiger partial charge is 0.298 e. The summed E-state index contributed by atoms with van der Waals surface area (Å²) in [5.41, 5.74) is 2.04. The second-order valence-electron chi connectivity index (χ2n) is 4.32. The Bertz CT molecular complexity index is 302. The Morgan fingerprint density at radius 3 is 2.57 bits per heavy atom. The minimum atomic E-state index is 0.537. The molecule has 14 heavy (non-hydrogen) atoms. The summed E-state index contributed by atoms with van der Waals surface area (Å²) in [6, 6.07) is 7.88. The molecule has 0 aromatic heterocycles. The third kappa shape index (κ3) is 2.99. The fraction of sp³-hybridized carbons (Fsp3) is 0.462. The van der Waals surface area contributed by atoms with Crippen LogP contribution in [0.3, 0.4) is 0 Å². The number of benzene rings is 1. The van der Waals surface area contributed by atoms with Gasteiger partial charge in [-0.15, -0.1) is 0 Å². The number of rotatable bonds is 4. The van der Waals surface area contributed by atoms with Crippen LogP contribution in [-0.2, 0) is 0 Å². The van der Waals surface area contributed by atoms with Crippen LogP contribution < -0.4 is 0 Å². The number of hydrogen-bond acceptors (Lipinski definition) is 1. The molecular formula is C13H18O. The van der Waals surface area contributed by atoms with E-state index in [1.807, 2.05) is 18.2 Å². The van der Waals surface area contributed by atoms with Crippen LogP contribution in [-0.4, -0.2) is 6.29 Å². The van der Waals surface area contributed by atoms with Gasteiger partial charge in [-0.1, -0.05) is 39.0 Å². The summed E-state index contributed by atoms with van der Waals surface area (Å²) in [5, 5.41) is 0. The first-order valence-electron chi connectivity index (χ1n) is 5.18. The van der Waals surface area contributed by atoms with Gasteiger partial charge in [0.25, 0.3) is 0 Å². The van der Waals surface area contributed by atoms with Gasteiger partial charge in [-0.2, -0.15) is 0 Å².